The second-order valence-corrected chi connectivity index (χ2v) is 8.89. The lowest BCUT2D eigenvalue weighted by Crippen LogP contribution is -2.26. The van der Waals surface area contributed by atoms with Gasteiger partial charge < -0.3 is 10.6 Å². The Balaban J connectivity index is 2.54. The molecule has 1 aliphatic rings. The minimum absolute atomic E-state index is 0.00556. The maximum Gasteiger partial charge on any atom is 0.183 e. The van der Waals surface area contributed by atoms with Crippen LogP contribution >= 0.6 is 23.1 Å². The average molecular weight is 331 g/mol. The van der Waals surface area contributed by atoms with Crippen molar-refractivity contribution < 1.29 is 8.42 Å². The summed E-state index contributed by atoms with van der Waals surface area (Å²) < 4.78 is 24.6. The van der Waals surface area contributed by atoms with Crippen molar-refractivity contribution in [2.24, 2.45) is 0 Å². The molecule has 2 N–H and O–H groups in total. The Kier molecular flexibility index (Phi) is 4.83. The first-order valence-corrected chi connectivity index (χ1v) is 10.0. The smallest absolute Gasteiger partial charge is 0.183 e. The molecular formula is C12H17N3O2S3. The fourth-order valence-electron chi connectivity index (χ4n) is 2.10. The van der Waals surface area contributed by atoms with Gasteiger partial charge in [-0.3, -0.25) is 0 Å². The second-order valence-electron chi connectivity index (χ2n) is 4.45. The van der Waals surface area contributed by atoms with E-state index in [2.05, 4.69) is 4.90 Å². The summed E-state index contributed by atoms with van der Waals surface area (Å²) >= 11 is 3.06. The quantitative estimate of drug-likeness (QED) is 0.911. The normalized spacial score (nSPS) is 16.7. The van der Waals surface area contributed by atoms with Crippen molar-refractivity contribution in [2.75, 3.05) is 41.0 Å². The summed E-state index contributed by atoms with van der Waals surface area (Å²) in [4.78, 5) is 2.52. The highest BCUT2D eigenvalue weighted by molar-refractivity contribution is 7.99. The summed E-state index contributed by atoms with van der Waals surface area (Å²) in [6.45, 7) is 3.20. The molecule has 110 valence electrons. The largest absolute Gasteiger partial charge is 0.396 e. The van der Waals surface area contributed by atoms with Crippen LogP contribution in [0.1, 0.15) is 18.2 Å². The highest BCUT2D eigenvalue weighted by Crippen LogP contribution is 2.42. The van der Waals surface area contributed by atoms with Gasteiger partial charge in [0.05, 0.1) is 11.4 Å². The lowest BCUT2D eigenvalue weighted by molar-refractivity contribution is 0.597. The Bertz CT molecular complexity index is 623. The maximum absolute atomic E-state index is 12.3. The third-order valence-electron chi connectivity index (χ3n) is 3.18. The van der Waals surface area contributed by atoms with Crippen molar-refractivity contribution in [1.29, 1.82) is 5.26 Å². The van der Waals surface area contributed by atoms with Gasteiger partial charge in [-0.2, -0.15) is 17.0 Å². The van der Waals surface area contributed by atoms with Gasteiger partial charge in [0.25, 0.3) is 0 Å². The van der Waals surface area contributed by atoms with Crippen LogP contribution in [0.25, 0.3) is 0 Å². The van der Waals surface area contributed by atoms with Crippen molar-refractivity contribution in [1.82, 2.24) is 0 Å². The molecule has 0 aliphatic carbocycles. The minimum Gasteiger partial charge on any atom is -0.396 e. The Labute approximate surface area is 127 Å². The van der Waals surface area contributed by atoms with Crippen LogP contribution in [0.4, 0.5) is 10.7 Å². The molecule has 0 radical (unpaired) electrons. The van der Waals surface area contributed by atoms with Gasteiger partial charge in [-0.15, -0.1) is 11.3 Å². The van der Waals surface area contributed by atoms with E-state index in [1.54, 1.807) is 6.92 Å². The summed E-state index contributed by atoms with van der Waals surface area (Å²) in [5.41, 5.74) is 6.02. The number of thioether (sulfide) groups is 1. The number of hydrogen-bond acceptors (Lipinski definition) is 7. The first-order valence-electron chi connectivity index (χ1n) is 6.39. The molecule has 0 bridgehead atoms. The molecule has 1 saturated heterocycles. The average Bonchev–Trinajstić information content (AvgIpc) is 2.63. The van der Waals surface area contributed by atoms with Crippen molar-refractivity contribution in [3.8, 4) is 6.07 Å². The van der Waals surface area contributed by atoms with E-state index in [0.29, 0.717) is 9.88 Å². The number of hydrogen-bond donors (Lipinski definition) is 1. The van der Waals surface area contributed by atoms with E-state index in [4.69, 9.17) is 11.0 Å². The molecule has 1 aromatic heterocycles. The molecule has 8 heteroatoms. The molecule has 1 fully saturated rings. The van der Waals surface area contributed by atoms with E-state index in [0.717, 1.165) is 31.0 Å². The number of nitrogens with zero attached hydrogens (tertiary/aromatic N) is 2. The molecule has 2 heterocycles. The summed E-state index contributed by atoms with van der Waals surface area (Å²) in [6.07, 6.45) is 1.01. The number of nitrogen functional groups attached to an aromatic ring is 1. The van der Waals surface area contributed by atoms with Crippen LogP contribution in [0, 0.1) is 11.3 Å². The first kappa shape index (κ1) is 15.5. The Morgan fingerprint density at radius 3 is 2.80 bits per heavy atom. The molecule has 0 aromatic carbocycles. The molecular weight excluding hydrogens is 314 g/mol. The van der Waals surface area contributed by atoms with Gasteiger partial charge in [0.2, 0.25) is 0 Å². The lowest BCUT2D eigenvalue weighted by Gasteiger charge is -2.21. The number of nitrogens with two attached hydrogens (primary N) is 1. The summed E-state index contributed by atoms with van der Waals surface area (Å²) in [5, 5.41) is 9.75. The van der Waals surface area contributed by atoms with E-state index in [1.165, 1.54) is 11.3 Å². The van der Waals surface area contributed by atoms with Crippen molar-refractivity contribution in [3.63, 3.8) is 0 Å². The molecule has 2 rings (SSSR count). The SMILES string of the molecule is CCS(=O)(=O)c1c(N2CCCSCC2)sc(C#N)c1N. The van der Waals surface area contributed by atoms with Gasteiger partial charge in [0, 0.05) is 18.8 Å². The molecule has 0 spiro atoms. The van der Waals surface area contributed by atoms with Gasteiger partial charge in [0.1, 0.15) is 20.8 Å². The molecule has 5 nitrogen and oxygen atoms in total. The maximum atomic E-state index is 12.3. The van der Waals surface area contributed by atoms with Crippen molar-refractivity contribution >= 4 is 43.6 Å². The lowest BCUT2D eigenvalue weighted by atomic mass is 10.3. The van der Waals surface area contributed by atoms with Crippen LogP contribution in [0.5, 0.6) is 0 Å². The standard InChI is InChI=1S/C12H17N3O2S3/c1-2-20(16,17)11-10(14)9(8-13)19-12(11)15-4-3-6-18-7-5-15/h2-7,14H2,1H3. The van der Waals surface area contributed by atoms with E-state index in [9.17, 15) is 8.42 Å². The highest BCUT2D eigenvalue weighted by atomic mass is 32.2. The third-order valence-corrected chi connectivity index (χ3v) is 7.33. The zero-order valence-corrected chi connectivity index (χ0v) is 13.7. The molecule has 0 saturated carbocycles. The second kappa shape index (κ2) is 6.24. The minimum atomic E-state index is -3.42. The van der Waals surface area contributed by atoms with Gasteiger partial charge >= 0.3 is 0 Å². The highest BCUT2D eigenvalue weighted by Gasteiger charge is 2.29. The number of rotatable bonds is 3. The van der Waals surface area contributed by atoms with Crippen LogP contribution in [-0.4, -0.2) is 38.8 Å². The summed E-state index contributed by atoms with van der Waals surface area (Å²) in [5.74, 6) is 2.04. The number of nitriles is 1. The van der Waals surface area contributed by atoms with E-state index < -0.39 is 9.84 Å². The van der Waals surface area contributed by atoms with Gasteiger partial charge in [0.15, 0.2) is 9.84 Å². The topological polar surface area (TPSA) is 87.2 Å². The fraction of sp³-hybridized carbons (Fsp3) is 0.583. The van der Waals surface area contributed by atoms with Crippen molar-refractivity contribution in [3.05, 3.63) is 4.88 Å². The van der Waals surface area contributed by atoms with E-state index >= 15 is 0 Å². The predicted molar refractivity (Wildman–Crippen MR) is 85.3 cm³/mol. The third kappa shape index (κ3) is 2.90. The molecule has 20 heavy (non-hydrogen) atoms. The Morgan fingerprint density at radius 2 is 2.15 bits per heavy atom. The van der Waals surface area contributed by atoms with Gasteiger partial charge in [-0.1, -0.05) is 6.92 Å². The number of thiophene rings is 1. The predicted octanol–water partition coefficient (Wildman–Crippen LogP) is 1.94. The van der Waals surface area contributed by atoms with Crippen LogP contribution in [0.3, 0.4) is 0 Å². The van der Waals surface area contributed by atoms with Gasteiger partial charge in [-0.05, 0) is 12.2 Å². The van der Waals surface area contributed by atoms with E-state index in [1.807, 2.05) is 17.8 Å². The fourth-order valence-corrected chi connectivity index (χ4v) is 5.65. The van der Waals surface area contributed by atoms with Crippen LogP contribution in [-0.2, 0) is 9.84 Å². The van der Waals surface area contributed by atoms with Crippen LogP contribution in [0.2, 0.25) is 0 Å². The Morgan fingerprint density at radius 1 is 1.40 bits per heavy atom. The van der Waals surface area contributed by atoms with E-state index in [-0.39, 0.29) is 16.3 Å². The molecule has 0 amide bonds. The summed E-state index contributed by atoms with van der Waals surface area (Å²) in [7, 11) is -3.42. The molecule has 1 aliphatic heterocycles. The first-order chi connectivity index (χ1) is 9.51. The van der Waals surface area contributed by atoms with Gasteiger partial charge in [-0.25, -0.2) is 8.42 Å². The zero-order valence-electron chi connectivity index (χ0n) is 11.3. The zero-order chi connectivity index (χ0) is 14.8. The van der Waals surface area contributed by atoms with Crippen molar-refractivity contribution in [2.45, 2.75) is 18.2 Å². The van der Waals surface area contributed by atoms with Crippen LogP contribution in [0.15, 0.2) is 4.90 Å². The molecule has 0 atom stereocenters. The molecule has 1 aromatic rings. The molecule has 0 unspecified atom stereocenters. The number of sulfone groups is 1. The Hall–Kier alpha value is -0.910. The number of anilines is 2. The monoisotopic (exact) mass is 331 g/mol. The van der Waals surface area contributed by atoms with Crippen LogP contribution < -0.4 is 10.6 Å². The summed E-state index contributed by atoms with van der Waals surface area (Å²) in [6, 6.07) is 2.00.